The van der Waals surface area contributed by atoms with Crippen LogP contribution in [0.5, 0.6) is 0 Å². The largest absolute Gasteiger partial charge is 0.373 e. The van der Waals surface area contributed by atoms with Crippen LogP contribution in [-0.2, 0) is 6.42 Å². The Morgan fingerprint density at radius 2 is 2.21 bits per heavy atom. The van der Waals surface area contributed by atoms with E-state index >= 15 is 0 Å². The molecule has 0 radical (unpaired) electrons. The highest BCUT2D eigenvalue weighted by Crippen LogP contribution is 2.41. The van der Waals surface area contributed by atoms with Gasteiger partial charge in [0.15, 0.2) is 0 Å². The van der Waals surface area contributed by atoms with E-state index in [4.69, 9.17) is 0 Å². The molecule has 0 spiro atoms. The molecule has 0 aliphatic carbocycles. The van der Waals surface area contributed by atoms with Crippen LogP contribution in [0.2, 0.25) is 0 Å². The van der Waals surface area contributed by atoms with Crippen LogP contribution in [0.25, 0.3) is 10.9 Å². The number of hydrogen-bond donors (Lipinski definition) is 2. The second kappa shape index (κ2) is 4.33. The zero-order chi connectivity index (χ0) is 13.0. The second-order valence-corrected chi connectivity index (χ2v) is 6.48. The molecule has 0 amide bonds. The van der Waals surface area contributed by atoms with Crippen molar-refractivity contribution in [2.75, 3.05) is 6.54 Å². The average Bonchev–Trinajstić information content (AvgIpc) is 2.62. The fraction of sp³-hybridized carbons (Fsp3) is 0.467. The molecule has 19 heavy (non-hydrogen) atoms. The SMILES string of the molecule is O[C@H]1CCC[C@@H]2NCCc3c2n1c1cc(Br)ccc31. The van der Waals surface area contributed by atoms with Gasteiger partial charge < -0.3 is 15.0 Å². The maximum atomic E-state index is 10.5. The van der Waals surface area contributed by atoms with Crippen LogP contribution in [0.4, 0.5) is 0 Å². The van der Waals surface area contributed by atoms with E-state index in [2.05, 4.69) is 44.0 Å². The third-order valence-corrected chi connectivity index (χ3v) is 4.96. The lowest BCUT2D eigenvalue weighted by molar-refractivity contribution is 0.0987. The summed E-state index contributed by atoms with van der Waals surface area (Å²) in [5.74, 6) is 0. The first-order valence-corrected chi connectivity index (χ1v) is 7.78. The molecule has 0 saturated carbocycles. The molecule has 0 unspecified atom stereocenters. The number of halogens is 1. The second-order valence-electron chi connectivity index (χ2n) is 5.56. The van der Waals surface area contributed by atoms with Crippen LogP contribution in [-0.4, -0.2) is 16.2 Å². The minimum atomic E-state index is -0.384. The van der Waals surface area contributed by atoms with E-state index in [1.54, 1.807) is 0 Å². The quantitative estimate of drug-likeness (QED) is 0.781. The summed E-state index contributed by atoms with van der Waals surface area (Å²) in [6, 6.07) is 6.83. The third kappa shape index (κ3) is 1.70. The highest BCUT2D eigenvalue weighted by molar-refractivity contribution is 9.10. The van der Waals surface area contributed by atoms with Gasteiger partial charge in [-0.1, -0.05) is 22.0 Å². The molecule has 2 N–H and O–H groups in total. The van der Waals surface area contributed by atoms with Crippen molar-refractivity contribution in [3.63, 3.8) is 0 Å². The van der Waals surface area contributed by atoms with Gasteiger partial charge in [-0.15, -0.1) is 0 Å². The smallest absolute Gasteiger partial charge is 0.131 e. The van der Waals surface area contributed by atoms with Crippen molar-refractivity contribution in [2.24, 2.45) is 0 Å². The number of nitrogens with one attached hydrogen (secondary N) is 1. The van der Waals surface area contributed by atoms with Crippen molar-refractivity contribution in [2.45, 2.75) is 38.0 Å². The molecule has 100 valence electrons. The molecule has 0 bridgehead atoms. The van der Waals surface area contributed by atoms with Crippen molar-refractivity contribution in [3.8, 4) is 0 Å². The minimum Gasteiger partial charge on any atom is -0.373 e. The van der Waals surface area contributed by atoms with Gasteiger partial charge in [-0.05, 0) is 49.9 Å². The summed E-state index contributed by atoms with van der Waals surface area (Å²) < 4.78 is 3.24. The number of aliphatic hydroxyl groups excluding tert-OH is 1. The standard InChI is InChI=1S/C15H17BrN2O/c16-9-4-5-10-11-6-7-17-12-2-1-3-14(19)18(15(11)12)13(10)8-9/h4-5,8,12,14,17,19H,1-3,6-7H2/t12-,14-/m0/s1. The number of aliphatic hydroxyl groups is 1. The molecular formula is C15H17BrN2O. The van der Waals surface area contributed by atoms with Crippen LogP contribution in [0, 0.1) is 0 Å². The molecule has 2 atom stereocenters. The van der Waals surface area contributed by atoms with Crippen molar-refractivity contribution in [1.29, 1.82) is 0 Å². The monoisotopic (exact) mass is 320 g/mol. The highest BCUT2D eigenvalue weighted by Gasteiger charge is 2.31. The molecule has 2 aromatic rings. The van der Waals surface area contributed by atoms with Crippen molar-refractivity contribution in [3.05, 3.63) is 33.9 Å². The fourth-order valence-corrected chi connectivity index (χ4v) is 4.02. The predicted molar refractivity (Wildman–Crippen MR) is 79.2 cm³/mol. The first-order valence-electron chi connectivity index (χ1n) is 6.99. The normalized spacial score (nSPS) is 26.2. The zero-order valence-corrected chi connectivity index (χ0v) is 12.3. The van der Waals surface area contributed by atoms with Crippen molar-refractivity contribution < 1.29 is 5.11 Å². The first-order chi connectivity index (χ1) is 9.25. The topological polar surface area (TPSA) is 37.2 Å². The Labute approximate surface area is 120 Å². The third-order valence-electron chi connectivity index (χ3n) is 4.46. The minimum absolute atomic E-state index is 0.384. The Hall–Kier alpha value is -0.840. The average molecular weight is 321 g/mol. The molecule has 2 aliphatic rings. The van der Waals surface area contributed by atoms with Crippen molar-refractivity contribution in [1.82, 2.24) is 9.88 Å². The molecule has 3 heterocycles. The number of benzene rings is 1. The Kier molecular flexibility index (Phi) is 2.72. The van der Waals surface area contributed by atoms with Gasteiger partial charge in [0.1, 0.15) is 6.23 Å². The molecule has 3 nitrogen and oxygen atoms in total. The van der Waals surface area contributed by atoms with Gasteiger partial charge in [-0.3, -0.25) is 0 Å². The summed E-state index contributed by atoms with van der Waals surface area (Å²) in [5.41, 5.74) is 3.93. The van der Waals surface area contributed by atoms with Gasteiger partial charge >= 0.3 is 0 Å². The van der Waals surface area contributed by atoms with Crippen LogP contribution in [0.1, 0.15) is 42.8 Å². The van der Waals surface area contributed by atoms with Crippen LogP contribution in [0.3, 0.4) is 0 Å². The summed E-state index contributed by atoms with van der Waals surface area (Å²) in [6.45, 7) is 1.04. The van der Waals surface area contributed by atoms with E-state index in [9.17, 15) is 5.11 Å². The van der Waals surface area contributed by atoms with E-state index in [0.717, 1.165) is 36.7 Å². The molecule has 4 rings (SSSR count). The van der Waals surface area contributed by atoms with E-state index in [-0.39, 0.29) is 6.23 Å². The summed E-state index contributed by atoms with van der Waals surface area (Å²) in [6.07, 6.45) is 3.73. The number of fused-ring (bicyclic) bond motifs is 3. The van der Waals surface area contributed by atoms with Gasteiger partial charge in [0.2, 0.25) is 0 Å². The molecule has 0 fully saturated rings. The number of hydrogen-bond acceptors (Lipinski definition) is 2. The molecule has 2 aliphatic heterocycles. The van der Waals surface area contributed by atoms with Crippen LogP contribution in [0.15, 0.2) is 22.7 Å². The molecular weight excluding hydrogens is 304 g/mol. The first kappa shape index (κ1) is 11.9. The Balaban J connectivity index is 2.09. The van der Waals surface area contributed by atoms with Gasteiger partial charge in [0, 0.05) is 21.6 Å². The Bertz CT molecular complexity index is 649. The summed E-state index contributed by atoms with van der Waals surface area (Å²) in [5, 5.41) is 15.4. The lowest BCUT2D eigenvalue weighted by Crippen LogP contribution is -2.30. The van der Waals surface area contributed by atoms with E-state index in [1.807, 2.05) is 0 Å². The van der Waals surface area contributed by atoms with Gasteiger partial charge in [0.25, 0.3) is 0 Å². The van der Waals surface area contributed by atoms with E-state index in [0.29, 0.717) is 6.04 Å². The molecule has 4 heteroatoms. The highest BCUT2D eigenvalue weighted by atomic mass is 79.9. The number of rotatable bonds is 0. The number of aromatic nitrogens is 1. The lowest BCUT2D eigenvalue weighted by atomic mass is 9.96. The Morgan fingerprint density at radius 1 is 1.32 bits per heavy atom. The maximum absolute atomic E-state index is 10.5. The summed E-state index contributed by atoms with van der Waals surface area (Å²) >= 11 is 3.55. The van der Waals surface area contributed by atoms with Gasteiger partial charge in [0.05, 0.1) is 5.52 Å². The molecule has 0 saturated heterocycles. The van der Waals surface area contributed by atoms with Crippen LogP contribution < -0.4 is 5.32 Å². The fourth-order valence-electron chi connectivity index (χ4n) is 3.67. The zero-order valence-electron chi connectivity index (χ0n) is 10.7. The lowest BCUT2D eigenvalue weighted by Gasteiger charge is -2.25. The summed E-state index contributed by atoms with van der Waals surface area (Å²) in [4.78, 5) is 0. The maximum Gasteiger partial charge on any atom is 0.131 e. The summed E-state index contributed by atoms with van der Waals surface area (Å²) in [7, 11) is 0. The predicted octanol–water partition coefficient (Wildman–Crippen LogP) is 3.27. The van der Waals surface area contributed by atoms with E-state index < -0.39 is 0 Å². The molecule has 1 aromatic carbocycles. The van der Waals surface area contributed by atoms with Gasteiger partial charge in [-0.25, -0.2) is 0 Å². The van der Waals surface area contributed by atoms with E-state index in [1.165, 1.54) is 22.2 Å². The Morgan fingerprint density at radius 3 is 3.11 bits per heavy atom. The van der Waals surface area contributed by atoms with Crippen molar-refractivity contribution >= 4 is 26.8 Å². The van der Waals surface area contributed by atoms with Crippen LogP contribution >= 0.6 is 15.9 Å². The molecule has 1 aromatic heterocycles. The van der Waals surface area contributed by atoms with Gasteiger partial charge in [-0.2, -0.15) is 0 Å². The number of nitrogens with zero attached hydrogens (tertiary/aromatic N) is 1.